The largest absolute Gasteiger partial charge is 0.340 e. The first-order valence-corrected chi connectivity index (χ1v) is 14.6. The smallest absolute Gasteiger partial charge is 0.251 e. The van der Waals surface area contributed by atoms with E-state index in [0.717, 1.165) is 22.3 Å². The minimum atomic E-state index is -0.858. The van der Waals surface area contributed by atoms with Crippen molar-refractivity contribution in [2.24, 2.45) is 0 Å². The molecular formula is C35H39N3O4. The number of nitrogens with zero attached hydrogens (tertiary/aromatic N) is 2. The molecule has 1 N–H and O–H groups in total. The molecule has 2 aliphatic rings. The third-order valence-electron chi connectivity index (χ3n) is 8.40. The molecule has 0 bridgehead atoms. The van der Waals surface area contributed by atoms with Crippen LogP contribution in [0, 0.1) is 6.92 Å². The van der Waals surface area contributed by atoms with Crippen molar-refractivity contribution < 1.29 is 19.2 Å². The highest BCUT2D eigenvalue weighted by atomic mass is 16.2. The van der Waals surface area contributed by atoms with Gasteiger partial charge in [-0.2, -0.15) is 0 Å². The molecule has 2 saturated heterocycles. The van der Waals surface area contributed by atoms with Gasteiger partial charge in [-0.15, -0.1) is 0 Å². The van der Waals surface area contributed by atoms with E-state index < -0.39 is 12.1 Å². The Bertz CT molecular complexity index is 1460. The van der Waals surface area contributed by atoms with Crippen LogP contribution in [0.2, 0.25) is 0 Å². The van der Waals surface area contributed by atoms with Crippen LogP contribution in [-0.2, 0) is 32.6 Å². The van der Waals surface area contributed by atoms with Crippen molar-refractivity contribution in [2.45, 2.75) is 70.5 Å². The summed E-state index contributed by atoms with van der Waals surface area (Å²) in [7, 11) is 0. The van der Waals surface area contributed by atoms with Crippen LogP contribution in [0.25, 0.3) is 0 Å². The molecule has 3 aromatic rings. The van der Waals surface area contributed by atoms with Gasteiger partial charge in [-0.3, -0.25) is 19.2 Å². The molecule has 1 unspecified atom stereocenters. The van der Waals surface area contributed by atoms with Gasteiger partial charge < -0.3 is 15.1 Å². The standard InChI is InChI=1S/C35H39N3O4/c1-23-10-12-25(13-11-23)20-28(36-33(41)26-14-16-27(17-15-26)35(2,3)4)34(42)37-19-18-29-32(37)30(39)22-38(29)31(40)21-24-8-6-5-7-9-24/h5-17,28-29,32H,18-22H2,1-4H3,(H,36,41)/t28-,29?,32-/m0/s1. The quantitative estimate of drug-likeness (QED) is 0.464. The summed E-state index contributed by atoms with van der Waals surface area (Å²) in [5, 5.41) is 2.97. The first kappa shape index (κ1) is 29.2. The van der Waals surface area contributed by atoms with Crippen LogP contribution in [0.4, 0.5) is 0 Å². The van der Waals surface area contributed by atoms with Crippen LogP contribution < -0.4 is 5.32 Å². The number of fused-ring (bicyclic) bond motifs is 1. The lowest BCUT2D eigenvalue weighted by molar-refractivity contribution is -0.138. The molecule has 3 aromatic carbocycles. The Morgan fingerprint density at radius 2 is 1.55 bits per heavy atom. The topological polar surface area (TPSA) is 86.8 Å². The van der Waals surface area contributed by atoms with Gasteiger partial charge in [-0.25, -0.2) is 0 Å². The van der Waals surface area contributed by atoms with Crippen LogP contribution in [0.15, 0.2) is 78.9 Å². The number of nitrogens with one attached hydrogen (secondary N) is 1. The molecule has 2 fully saturated rings. The molecule has 3 amide bonds. The van der Waals surface area contributed by atoms with E-state index in [0.29, 0.717) is 24.9 Å². The number of Topliss-reactive ketones (excluding diaryl/α,β-unsaturated/α-hetero) is 1. The predicted molar refractivity (Wildman–Crippen MR) is 162 cm³/mol. The molecule has 218 valence electrons. The summed E-state index contributed by atoms with van der Waals surface area (Å²) in [5.74, 6) is -0.882. The number of amides is 3. The molecule has 3 atom stereocenters. The summed E-state index contributed by atoms with van der Waals surface area (Å²) in [6, 6.07) is 22.9. The second-order valence-electron chi connectivity index (χ2n) is 12.5. The van der Waals surface area contributed by atoms with E-state index in [1.165, 1.54) is 0 Å². The molecule has 2 heterocycles. The second kappa shape index (κ2) is 11.9. The number of hydrogen-bond acceptors (Lipinski definition) is 4. The van der Waals surface area contributed by atoms with Crippen molar-refractivity contribution in [3.05, 3.63) is 107 Å². The van der Waals surface area contributed by atoms with Crippen molar-refractivity contribution in [1.29, 1.82) is 0 Å². The molecular weight excluding hydrogens is 526 g/mol. The summed E-state index contributed by atoms with van der Waals surface area (Å²) in [6.07, 6.45) is 1.04. The summed E-state index contributed by atoms with van der Waals surface area (Å²) >= 11 is 0. The third-order valence-corrected chi connectivity index (χ3v) is 8.40. The van der Waals surface area contributed by atoms with Crippen molar-refractivity contribution >= 4 is 23.5 Å². The van der Waals surface area contributed by atoms with Gasteiger partial charge in [0, 0.05) is 18.5 Å². The minimum Gasteiger partial charge on any atom is -0.340 e. The molecule has 0 radical (unpaired) electrons. The zero-order chi connectivity index (χ0) is 30.0. The van der Waals surface area contributed by atoms with Crippen molar-refractivity contribution in [2.75, 3.05) is 13.1 Å². The van der Waals surface area contributed by atoms with Crippen LogP contribution in [-0.4, -0.2) is 64.5 Å². The van der Waals surface area contributed by atoms with Gasteiger partial charge in [0.2, 0.25) is 11.8 Å². The SMILES string of the molecule is Cc1ccc(C[C@H](NC(=O)c2ccc(C(C)(C)C)cc2)C(=O)N2CCC3[C@H]2C(=O)CN3C(=O)Cc2ccccc2)cc1. The van der Waals surface area contributed by atoms with E-state index in [1.807, 2.05) is 73.7 Å². The van der Waals surface area contributed by atoms with E-state index in [4.69, 9.17) is 0 Å². The van der Waals surface area contributed by atoms with E-state index in [-0.39, 0.29) is 47.9 Å². The minimum absolute atomic E-state index is 0.000105. The zero-order valence-corrected chi connectivity index (χ0v) is 24.8. The predicted octanol–water partition coefficient (Wildman–Crippen LogP) is 4.26. The van der Waals surface area contributed by atoms with Gasteiger partial charge in [0.05, 0.1) is 19.0 Å². The number of likely N-dealkylation sites (tertiary alicyclic amines) is 2. The number of ketones is 1. The molecule has 42 heavy (non-hydrogen) atoms. The zero-order valence-electron chi connectivity index (χ0n) is 24.8. The number of aryl methyl sites for hydroxylation is 1. The molecule has 0 saturated carbocycles. The number of rotatable bonds is 7. The van der Waals surface area contributed by atoms with Crippen molar-refractivity contribution in [3.63, 3.8) is 0 Å². The normalized spacial score (nSPS) is 19.0. The van der Waals surface area contributed by atoms with E-state index in [9.17, 15) is 19.2 Å². The fourth-order valence-electron chi connectivity index (χ4n) is 5.99. The van der Waals surface area contributed by atoms with Gasteiger partial charge in [-0.1, -0.05) is 93.1 Å². The van der Waals surface area contributed by atoms with E-state index >= 15 is 0 Å². The van der Waals surface area contributed by atoms with E-state index in [1.54, 1.807) is 21.9 Å². The first-order valence-electron chi connectivity index (χ1n) is 14.6. The average molecular weight is 566 g/mol. The lowest BCUT2D eigenvalue weighted by Gasteiger charge is -2.28. The van der Waals surface area contributed by atoms with Crippen molar-refractivity contribution in [3.8, 4) is 0 Å². The number of benzene rings is 3. The Hall–Kier alpha value is -4.26. The maximum atomic E-state index is 14.1. The average Bonchev–Trinajstić information content (AvgIpc) is 3.55. The fraction of sp³-hybridized carbons (Fsp3) is 0.371. The van der Waals surface area contributed by atoms with Crippen LogP contribution >= 0.6 is 0 Å². The number of hydrogen-bond donors (Lipinski definition) is 1. The maximum absolute atomic E-state index is 14.1. The van der Waals surface area contributed by atoms with E-state index in [2.05, 4.69) is 26.1 Å². The van der Waals surface area contributed by atoms with Gasteiger partial charge in [-0.05, 0) is 47.6 Å². The highest BCUT2D eigenvalue weighted by Gasteiger charge is 2.52. The highest BCUT2D eigenvalue weighted by Crippen LogP contribution is 2.31. The Morgan fingerprint density at radius 1 is 0.881 bits per heavy atom. The van der Waals surface area contributed by atoms with Gasteiger partial charge in [0.1, 0.15) is 12.1 Å². The van der Waals surface area contributed by atoms with Crippen LogP contribution in [0.1, 0.15) is 59.8 Å². The van der Waals surface area contributed by atoms with Crippen LogP contribution in [0.5, 0.6) is 0 Å². The fourth-order valence-corrected chi connectivity index (χ4v) is 5.99. The Kier molecular flexibility index (Phi) is 8.30. The van der Waals surface area contributed by atoms with Gasteiger partial charge >= 0.3 is 0 Å². The third kappa shape index (κ3) is 6.30. The summed E-state index contributed by atoms with van der Waals surface area (Å²) in [4.78, 5) is 57.1. The van der Waals surface area contributed by atoms with Gasteiger partial charge in [0.15, 0.2) is 5.78 Å². The molecule has 0 aliphatic carbocycles. The van der Waals surface area contributed by atoms with Gasteiger partial charge in [0.25, 0.3) is 5.91 Å². The molecule has 7 nitrogen and oxygen atoms in total. The molecule has 5 rings (SSSR count). The molecule has 0 aromatic heterocycles. The Labute approximate surface area is 247 Å². The monoisotopic (exact) mass is 565 g/mol. The Morgan fingerprint density at radius 3 is 2.19 bits per heavy atom. The highest BCUT2D eigenvalue weighted by molar-refractivity contribution is 6.01. The lowest BCUT2D eigenvalue weighted by Crippen LogP contribution is -2.53. The van der Waals surface area contributed by atoms with Crippen LogP contribution in [0.3, 0.4) is 0 Å². The Balaban J connectivity index is 1.34. The molecule has 7 heteroatoms. The first-order chi connectivity index (χ1) is 20.0. The molecule has 2 aliphatic heterocycles. The summed E-state index contributed by atoms with van der Waals surface area (Å²) in [6.45, 7) is 8.69. The summed E-state index contributed by atoms with van der Waals surface area (Å²) in [5.41, 5.74) is 4.44. The second-order valence-corrected chi connectivity index (χ2v) is 12.5. The maximum Gasteiger partial charge on any atom is 0.251 e. The number of carbonyl (C=O) groups excluding carboxylic acids is 4. The van der Waals surface area contributed by atoms with Crippen molar-refractivity contribution in [1.82, 2.24) is 15.1 Å². The summed E-state index contributed by atoms with van der Waals surface area (Å²) < 4.78 is 0. The number of carbonyl (C=O) groups is 4. The molecule has 0 spiro atoms. The lowest BCUT2D eigenvalue weighted by atomic mass is 9.86.